The first kappa shape index (κ1) is 20.1. The fourth-order valence-electron chi connectivity index (χ4n) is 3.91. The Morgan fingerprint density at radius 2 is 2.04 bits per heavy atom. The molecule has 1 aliphatic carbocycles. The Morgan fingerprint density at radius 1 is 1.35 bits per heavy atom. The van der Waals surface area contributed by atoms with Crippen LogP contribution in [0.15, 0.2) is 40.3 Å². The lowest BCUT2D eigenvalue weighted by Gasteiger charge is -2.42. The normalized spacial score (nSPS) is 23.3. The highest BCUT2D eigenvalue weighted by Crippen LogP contribution is 2.45. The van der Waals surface area contributed by atoms with Gasteiger partial charge in [-0.3, -0.25) is 4.79 Å². The third-order valence-corrected chi connectivity index (χ3v) is 7.64. The topological polar surface area (TPSA) is 117 Å². The predicted octanol–water partition coefficient (Wildman–Crippen LogP) is 3.64. The van der Waals surface area contributed by atoms with E-state index in [4.69, 9.17) is 5.53 Å². The molecule has 1 saturated carbocycles. The van der Waals surface area contributed by atoms with Crippen molar-refractivity contribution in [3.05, 3.63) is 40.8 Å². The Labute approximate surface area is 153 Å². The van der Waals surface area contributed by atoms with Gasteiger partial charge in [-0.25, -0.2) is 8.42 Å². The molecule has 0 radical (unpaired) electrons. The van der Waals surface area contributed by atoms with Crippen LogP contribution in [0.3, 0.4) is 0 Å². The molecule has 7 nitrogen and oxygen atoms in total. The van der Waals surface area contributed by atoms with Crippen molar-refractivity contribution in [2.24, 2.45) is 11.0 Å². The molecule has 1 aliphatic rings. The van der Waals surface area contributed by atoms with Crippen LogP contribution in [0.1, 0.15) is 45.4 Å². The number of rotatable bonds is 8. The number of azide groups is 1. The SMILES string of the molecule is CC(=O)C[C@@H]1CCCC(=O)[C@@]1(CCCN=[N+]=[N-])S(=O)(=O)c1ccccc1. The molecule has 2 atom stereocenters. The zero-order valence-electron chi connectivity index (χ0n) is 14.8. The van der Waals surface area contributed by atoms with E-state index in [1.54, 1.807) is 18.2 Å². The fourth-order valence-corrected chi connectivity index (χ4v) is 6.30. The first-order valence-electron chi connectivity index (χ1n) is 8.69. The molecule has 1 fully saturated rings. The Bertz CT molecular complexity index is 816. The molecule has 0 heterocycles. The van der Waals surface area contributed by atoms with Gasteiger partial charge in [-0.15, -0.1) is 0 Å². The largest absolute Gasteiger partial charge is 0.300 e. The van der Waals surface area contributed by atoms with Crippen LogP contribution in [0.5, 0.6) is 0 Å². The van der Waals surface area contributed by atoms with Gasteiger partial charge in [-0.1, -0.05) is 23.3 Å². The van der Waals surface area contributed by atoms with E-state index in [2.05, 4.69) is 10.0 Å². The highest BCUT2D eigenvalue weighted by Gasteiger charge is 2.56. The van der Waals surface area contributed by atoms with Gasteiger partial charge in [0, 0.05) is 24.3 Å². The fraction of sp³-hybridized carbons (Fsp3) is 0.556. The third-order valence-electron chi connectivity index (χ3n) is 5.02. The molecule has 0 bridgehead atoms. The van der Waals surface area contributed by atoms with E-state index in [-0.39, 0.29) is 48.7 Å². The molecule has 0 aliphatic heterocycles. The van der Waals surface area contributed by atoms with E-state index in [1.807, 2.05) is 0 Å². The molecular weight excluding hydrogens is 354 g/mol. The summed E-state index contributed by atoms with van der Waals surface area (Å²) in [4.78, 5) is 27.5. The first-order chi connectivity index (χ1) is 12.4. The number of carbonyl (C=O) groups is 2. The lowest BCUT2D eigenvalue weighted by Crippen LogP contribution is -2.55. The second-order valence-electron chi connectivity index (χ2n) is 6.68. The number of sulfone groups is 1. The zero-order valence-corrected chi connectivity index (χ0v) is 15.6. The van der Waals surface area contributed by atoms with Crippen LogP contribution in [-0.2, 0) is 19.4 Å². The van der Waals surface area contributed by atoms with Crippen LogP contribution in [0.4, 0.5) is 0 Å². The van der Waals surface area contributed by atoms with E-state index < -0.39 is 20.5 Å². The van der Waals surface area contributed by atoms with Gasteiger partial charge in [0.1, 0.15) is 10.5 Å². The minimum Gasteiger partial charge on any atom is -0.300 e. The van der Waals surface area contributed by atoms with Gasteiger partial charge in [0.15, 0.2) is 15.6 Å². The highest BCUT2D eigenvalue weighted by molar-refractivity contribution is 7.93. The molecule has 26 heavy (non-hydrogen) atoms. The summed E-state index contributed by atoms with van der Waals surface area (Å²) in [5.41, 5.74) is 8.46. The quantitative estimate of drug-likeness (QED) is 0.297. The van der Waals surface area contributed by atoms with Gasteiger partial charge in [0.05, 0.1) is 4.90 Å². The van der Waals surface area contributed by atoms with Crippen molar-refractivity contribution >= 4 is 21.4 Å². The van der Waals surface area contributed by atoms with Crippen molar-refractivity contribution in [1.29, 1.82) is 0 Å². The maximum absolute atomic E-state index is 13.5. The molecule has 0 N–H and O–H groups in total. The molecule has 1 aromatic carbocycles. The summed E-state index contributed by atoms with van der Waals surface area (Å²) in [5, 5.41) is 3.46. The van der Waals surface area contributed by atoms with Gasteiger partial charge in [-0.05, 0) is 56.2 Å². The number of Topliss-reactive ketones (excluding diaryl/α,β-unsaturated/α-hetero) is 2. The van der Waals surface area contributed by atoms with Gasteiger partial charge < -0.3 is 4.79 Å². The average Bonchev–Trinajstić information content (AvgIpc) is 2.61. The van der Waals surface area contributed by atoms with E-state index >= 15 is 0 Å². The minimum absolute atomic E-state index is 0.0549. The van der Waals surface area contributed by atoms with Gasteiger partial charge in [-0.2, -0.15) is 0 Å². The van der Waals surface area contributed by atoms with Crippen molar-refractivity contribution in [3.63, 3.8) is 0 Å². The minimum atomic E-state index is -3.99. The van der Waals surface area contributed by atoms with Crippen molar-refractivity contribution < 1.29 is 18.0 Å². The Kier molecular flexibility index (Phi) is 6.56. The summed E-state index contributed by atoms with van der Waals surface area (Å²) < 4.78 is 25.4. The van der Waals surface area contributed by atoms with Crippen molar-refractivity contribution in [3.8, 4) is 0 Å². The van der Waals surface area contributed by atoms with Crippen LogP contribution in [0, 0.1) is 5.92 Å². The Balaban J connectivity index is 2.57. The van der Waals surface area contributed by atoms with Gasteiger partial charge >= 0.3 is 0 Å². The molecule has 1 aromatic rings. The monoisotopic (exact) mass is 377 g/mol. The summed E-state index contributed by atoms with van der Waals surface area (Å²) in [6.45, 7) is 1.53. The smallest absolute Gasteiger partial charge is 0.191 e. The van der Waals surface area contributed by atoms with E-state index in [1.165, 1.54) is 19.1 Å². The van der Waals surface area contributed by atoms with E-state index in [9.17, 15) is 18.0 Å². The summed E-state index contributed by atoms with van der Waals surface area (Å²) in [6.07, 6.45) is 1.66. The second-order valence-corrected chi connectivity index (χ2v) is 8.89. The molecule has 8 heteroatoms. The second kappa shape index (κ2) is 8.47. The van der Waals surface area contributed by atoms with Crippen LogP contribution < -0.4 is 0 Å². The van der Waals surface area contributed by atoms with Crippen molar-refractivity contribution in [1.82, 2.24) is 0 Å². The molecule has 2 rings (SSSR count). The standard InChI is InChI=1S/C18H23N3O4S/c1-14(22)13-15-7-5-10-17(23)18(15,11-6-12-20-21-19)26(24,25)16-8-3-2-4-9-16/h2-4,8-9,15H,5-7,10-13H2,1H3/t15-,18-/m0/s1. The summed E-state index contributed by atoms with van der Waals surface area (Å²) in [7, 11) is -3.99. The zero-order chi connectivity index (χ0) is 19.2. The Hall–Kier alpha value is -2.18. The lowest BCUT2D eigenvalue weighted by atomic mass is 9.73. The molecule has 0 amide bonds. The molecule has 0 saturated heterocycles. The van der Waals surface area contributed by atoms with E-state index in [0.29, 0.717) is 12.8 Å². The van der Waals surface area contributed by atoms with E-state index in [0.717, 1.165) is 0 Å². The summed E-state index contributed by atoms with van der Waals surface area (Å²) in [6, 6.07) is 7.92. The molecule has 140 valence electrons. The third kappa shape index (κ3) is 3.81. The molecule has 0 unspecified atom stereocenters. The van der Waals surface area contributed by atoms with Crippen LogP contribution in [0.25, 0.3) is 10.4 Å². The number of nitrogens with zero attached hydrogens (tertiary/aromatic N) is 3. The van der Waals surface area contributed by atoms with Crippen LogP contribution >= 0.6 is 0 Å². The average molecular weight is 377 g/mol. The lowest BCUT2D eigenvalue weighted by molar-refractivity contribution is -0.126. The molecule has 0 aromatic heterocycles. The number of carbonyl (C=O) groups excluding carboxylic acids is 2. The first-order valence-corrected chi connectivity index (χ1v) is 10.2. The Morgan fingerprint density at radius 3 is 2.65 bits per heavy atom. The van der Waals surface area contributed by atoms with Crippen LogP contribution in [0.2, 0.25) is 0 Å². The highest BCUT2D eigenvalue weighted by atomic mass is 32.2. The van der Waals surface area contributed by atoms with Crippen LogP contribution in [-0.4, -0.2) is 31.3 Å². The van der Waals surface area contributed by atoms with Crippen molar-refractivity contribution in [2.45, 2.75) is 55.1 Å². The predicted molar refractivity (Wildman–Crippen MR) is 97.3 cm³/mol. The maximum Gasteiger partial charge on any atom is 0.191 e. The summed E-state index contributed by atoms with van der Waals surface area (Å²) in [5.74, 6) is -1.02. The van der Waals surface area contributed by atoms with Gasteiger partial charge in [0.2, 0.25) is 0 Å². The molecular formula is C18H23N3O4S. The summed E-state index contributed by atoms with van der Waals surface area (Å²) >= 11 is 0. The maximum atomic E-state index is 13.5. The molecule has 0 spiro atoms. The number of benzene rings is 1. The number of hydrogen-bond acceptors (Lipinski definition) is 5. The van der Waals surface area contributed by atoms with Gasteiger partial charge in [0.25, 0.3) is 0 Å². The van der Waals surface area contributed by atoms with Crippen molar-refractivity contribution in [2.75, 3.05) is 6.54 Å². The number of ketones is 2. The number of hydrogen-bond donors (Lipinski definition) is 0.